The lowest BCUT2D eigenvalue weighted by Crippen LogP contribution is -2.40. The third-order valence-corrected chi connectivity index (χ3v) is 4.33. The van der Waals surface area contributed by atoms with E-state index in [4.69, 9.17) is 5.73 Å². The smallest absolute Gasteiger partial charge is 0.227 e. The molecule has 1 atom stereocenters. The van der Waals surface area contributed by atoms with Crippen molar-refractivity contribution in [3.63, 3.8) is 0 Å². The van der Waals surface area contributed by atoms with Crippen LogP contribution in [0.15, 0.2) is 16.8 Å². The first-order chi connectivity index (χ1) is 9.11. The van der Waals surface area contributed by atoms with Gasteiger partial charge in [-0.15, -0.1) is 0 Å². The first-order valence-corrected chi connectivity index (χ1v) is 8.07. The van der Waals surface area contributed by atoms with Crippen molar-refractivity contribution in [2.45, 2.75) is 45.7 Å². The molecule has 0 spiro atoms. The molecular formula is C15H24N2OS. The van der Waals surface area contributed by atoms with E-state index in [0.29, 0.717) is 18.5 Å². The molecule has 106 valence electrons. The average molecular weight is 280 g/mol. The molecule has 0 saturated heterocycles. The average Bonchev–Trinajstić information content (AvgIpc) is 3.09. The molecule has 2 N–H and O–H groups in total. The fourth-order valence-corrected chi connectivity index (χ4v) is 3.11. The van der Waals surface area contributed by atoms with Gasteiger partial charge in [0.15, 0.2) is 0 Å². The lowest BCUT2D eigenvalue weighted by molar-refractivity contribution is -0.137. The van der Waals surface area contributed by atoms with E-state index in [-0.39, 0.29) is 11.8 Å². The van der Waals surface area contributed by atoms with Crippen LogP contribution < -0.4 is 5.73 Å². The molecule has 2 rings (SSSR count). The van der Waals surface area contributed by atoms with Gasteiger partial charge in [-0.3, -0.25) is 4.79 Å². The molecule has 0 radical (unpaired) electrons. The van der Waals surface area contributed by atoms with E-state index in [1.165, 1.54) is 5.56 Å². The molecule has 0 aliphatic heterocycles. The van der Waals surface area contributed by atoms with Crippen LogP contribution in [0, 0.1) is 11.8 Å². The Labute approximate surface area is 119 Å². The summed E-state index contributed by atoms with van der Waals surface area (Å²) in [7, 11) is 0. The van der Waals surface area contributed by atoms with Crippen molar-refractivity contribution < 1.29 is 4.79 Å². The summed E-state index contributed by atoms with van der Waals surface area (Å²) in [6.45, 7) is 5.51. The number of carbonyl (C=O) groups is 1. The third-order valence-electron chi connectivity index (χ3n) is 3.59. The number of carbonyl (C=O) groups excluding carboxylic acids is 1. The summed E-state index contributed by atoms with van der Waals surface area (Å²) in [5, 5.41) is 4.20. The van der Waals surface area contributed by atoms with Gasteiger partial charge in [0.1, 0.15) is 0 Å². The number of hydrogen-bond acceptors (Lipinski definition) is 3. The van der Waals surface area contributed by atoms with E-state index in [1.807, 2.05) is 0 Å². The largest absolute Gasteiger partial charge is 0.335 e. The molecule has 1 heterocycles. The minimum Gasteiger partial charge on any atom is -0.335 e. The van der Waals surface area contributed by atoms with Crippen LogP contribution in [0.4, 0.5) is 0 Å². The van der Waals surface area contributed by atoms with Crippen molar-refractivity contribution in [1.29, 1.82) is 0 Å². The Morgan fingerprint density at radius 1 is 1.53 bits per heavy atom. The molecule has 1 unspecified atom stereocenters. The Kier molecular flexibility index (Phi) is 4.99. The Bertz CT molecular complexity index is 398. The first-order valence-electron chi connectivity index (χ1n) is 7.13. The third kappa shape index (κ3) is 4.05. The van der Waals surface area contributed by atoms with E-state index in [1.54, 1.807) is 11.3 Å². The Morgan fingerprint density at radius 2 is 2.26 bits per heavy atom. The second kappa shape index (κ2) is 6.53. The maximum atomic E-state index is 12.7. The van der Waals surface area contributed by atoms with Crippen LogP contribution in [0.25, 0.3) is 0 Å². The highest BCUT2D eigenvalue weighted by atomic mass is 32.1. The summed E-state index contributed by atoms with van der Waals surface area (Å²) < 4.78 is 0. The Hall–Kier alpha value is -0.870. The second-order valence-corrected chi connectivity index (χ2v) is 6.67. The van der Waals surface area contributed by atoms with Crippen LogP contribution in [-0.2, 0) is 11.3 Å². The van der Waals surface area contributed by atoms with E-state index >= 15 is 0 Å². The topological polar surface area (TPSA) is 46.3 Å². The van der Waals surface area contributed by atoms with Crippen LogP contribution in [-0.4, -0.2) is 23.4 Å². The fraction of sp³-hybridized carbons (Fsp3) is 0.667. The van der Waals surface area contributed by atoms with Gasteiger partial charge >= 0.3 is 0 Å². The molecular weight excluding hydrogens is 256 g/mol. The molecule has 3 nitrogen and oxygen atoms in total. The van der Waals surface area contributed by atoms with Crippen LogP contribution in [0.1, 0.15) is 38.7 Å². The lowest BCUT2D eigenvalue weighted by atomic mass is 9.95. The van der Waals surface area contributed by atoms with Gasteiger partial charge in [-0.2, -0.15) is 11.3 Å². The van der Waals surface area contributed by atoms with Gasteiger partial charge in [0, 0.05) is 19.1 Å². The molecule has 1 saturated carbocycles. The van der Waals surface area contributed by atoms with Gasteiger partial charge in [0.25, 0.3) is 0 Å². The minimum atomic E-state index is -0.0146. The van der Waals surface area contributed by atoms with E-state index < -0.39 is 0 Å². The highest BCUT2D eigenvalue weighted by molar-refractivity contribution is 7.07. The van der Waals surface area contributed by atoms with Crippen LogP contribution in [0.5, 0.6) is 0 Å². The number of thiophene rings is 1. The highest BCUT2D eigenvalue weighted by Crippen LogP contribution is 2.31. The monoisotopic (exact) mass is 280 g/mol. The van der Waals surface area contributed by atoms with Crippen molar-refractivity contribution in [1.82, 2.24) is 4.90 Å². The minimum absolute atomic E-state index is 0.0146. The number of nitrogens with two attached hydrogens (primary N) is 1. The van der Waals surface area contributed by atoms with Gasteiger partial charge in [0.2, 0.25) is 5.91 Å². The summed E-state index contributed by atoms with van der Waals surface area (Å²) in [6, 6.07) is 2.56. The fourth-order valence-electron chi connectivity index (χ4n) is 2.45. The second-order valence-electron chi connectivity index (χ2n) is 5.89. The molecule has 1 aromatic rings. The number of amides is 1. The zero-order valence-electron chi connectivity index (χ0n) is 11.8. The summed E-state index contributed by atoms with van der Waals surface area (Å²) in [4.78, 5) is 14.7. The van der Waals surface area contributed by atoms with Gasteiger partial charge in [-0.05, 0) is 47.6 Å². The van der Waals surface area contributed by atoms with Crippen LogP contribution >= 0.6 is 11.3 Å². The predicted molar refractivity (Wildman–Crippen MR) is 79.9 cm³/mol. The van der Waals surface area contributed by atoms with Crippen molar-refractivity contribution in [2.24, 2.45) is 17.6 Å². The molecule has 4 heteroatoms. The van der Waals surface area contributed by atoms with Crippen LogP contribution in [0.3, 0.4) is 0 Å². The zero-order valence-corrected chi connectivity index (χ0v) is 12.7. The summed E-state index contributed by atoms with van der Waals surface area (Å²) in [6.07, 6.45) is 3.19. The molecule has 1 aromatic heterocycles. The van der Waals surface area contributed by atoms with Gasteiger partial charge in [0.05, 0.1) is 5.92 Å². The predicted octanol–water partition coefficient (Wildman–Crippen LogP) is 2.86. The molecule has 0 aromatic carbocycles. The number of rotatable bonds is 7. The number of hydrogen-bond donors (Lipinski definition) is 1. The first kappa shape index (κ1) is 14.5. The van der Waals surface area contributed by atoms with Crippen molar-refractivity contribution in [3.8, 4) is 0 Å². The van der Waals surface area contributed by atoms with E-state index in [2.05, 4.69) is 35.6 Å². The quantitative estimate of drug-likeness (QED) is 0.835. The van der Waals surface area contributed by atoms with Gasteiger partial charge in [-0.25, -0.2) is 0 Å². The molecule has 19 heavy (non-hydrogen) atoms. The van der Waals surface area contributed by atoms with Crippen molar-refractivity contribution in [3.05, 3.63) is 22.4 Å². The summed E-state index contributed by atoms with van der Waals surface area (Å²) in [5.41, 5.74) is 7.05. The molecule has 0 bridgehead atoms. The maximum absolute atomic E-state index is 12.7. The summed E-state index contributed by atoms with van der Waals surface area (Å²) >= 11 is 1.69. The van der Waals surface area contributed by atoms with Crippen LogP contribution in [0.2, 0.25) is 0 Å². The molecule has 1 fully saturated rings. The van der Waals surface area contributed by atoms with Gasteiger partial charge < -0.3 is 10.6 Å². The Balaban J connectivity index is 2.03. The standard InChI is InChI=1S/C15H24N2OS/c1-11(2)7-13(8-16)15(18)17(14-3-4-14)9-12-5-6-19-10-12/h5-6,10-11,13-14H,3-4,7-9,16H2,1-2H3. The van der Waals surface area contributed by atoms with E-state index in [9.17, 15) is 4.79 Å². The maximum Gasteiger partial charge on any atom is 0.227 e. The highest BCUT2D eigenvalue weighted by Gasteiger charge is 2.35. The number of nitrogens with zero attached hydrogens (tertiary/aromatic N) is 1. The van der Waals surface area contributed by atoms with Crippen molar-refractivity contribution >= 4 is 17.2 Å². The molecule has 1 aliphatic carbocycles. The normalized spacial score (nSPS) is 16.6. The Morgan fingerprint density at radius 3 is 2.74 bits per heavy atom. The lowest BCUT2D eigenvalue weighted by Gasteiger charge is -2.27. The SMILES string of the molecule is CC(C)CC(CN)C(=O)N(Cc1ccsc1)C1CC1. The zero-order chi connectivity index (χ0) is 13.8. The van der Waals surface area contributed by atoms with Gasteiger partial charge in [-0.1, -0.05) is 13.8 Å². The summed E-state index contributed by atoms with van der Waals surface area (Å²) in [5.74, 6) is 0.754. The molecule has 1 amide bonds. The van der Waals surface area contributed by atoms with Crippen molar-refractivity contribution in [2.75, 3.05) is 6.54 Å². The molecule has 1 aliphatic rings. The van der Waals surface area contributed by atoms with E-state index in [0.717, 1.165) is 25.8 Å².